The van der Waals surface area contributed by atoms with Crippen LogP contribution in [0.2, 0.25) is 0 Å². The SMILES string of the molecule is CC/C=C/C/C=C/C/C=C/C/C=C/CCCCCCCCCCCCC(=O)OCC(COCCC(C(=O)[O-])[N+](C)(C)C)OC(=O)CCCCCCCCCCC/C=C/C/C=C/C/C=C/CCCCC. The van der Waals surface area contributed by atoms with Crippen molar-refractivity contribution in [1.82, 2.24) is 0 Å². The number of unbranched alkanes of at least 4 members (excludes halogenated alkanes) is 22. The van der Waals surface area contributed by atoms with E-state index in [9.17, 15) is 19.5 Å². The van der Waals surface area contributed by atoms with E-state index >= 15 is 0 Å². The fourth-order valence-corrected chi connectivity index (χ4v) is 7.95. The van der Waals surface area contributed by atoms with Crippen molar-refractivity contribution in [2.75, 3.05) is 41.0 Å². The van der Waals surface area contributed by atoms with Gasteiger partial charge in [0.05, 0.1) is 40.3 Å². The fourth-order valence-electron chi connectivity index (χ4n) is 7.95. The lowest BCUT2D eigenvalue weighted by atomic mass is 10.1. The van der Waals surface area contributed by atoms with Crippen LogP contribution in [-0.2, 0) is 28.6 Å². The number of rotatable bonds is 50. The van der Waals surface area contributed by atoms with Gasteiger partial charge >= 0.3 is 11.9 Å². The van der Waals surface area contributed by atoms with E-state index in [2.05, 4.69) is 98.9 Å². The molecule has 396 valence electrons. The van der Waals surface area contributed by atoms with Gasteiger partial charge in [0.1, 0.15) is 12.6 Å². The Kier molecular flexibility index (Phi) is 48.3. The molecule has 0 heterocycles. The molecule has 0 saturated carbocycles. The molecule has 8 nitrogen and oxygen atoms in total. The summed E-state index contributed by atoms with van der Waals surface area (Å²) in [6.07, 6.45) is 67.6. The molecule has 0 rings (SSSR count). The molecule has 0 amide bonds. The Hall–Kier alpha value is -3.49. The van der Waals surface area contributed by atoms with Crippen LogP contribution in [0.25, 0.3) is 0 Å². The Morgan fingerprint density at radius 3 is 1.20 bits per heavy atom. The third-order valence-corrected chi connectivity index (χ3v) is 12.3. The molecule has 0 aromatic rings. The lowest BCUT2D eigenvalue weighted by molar-refractivity contribution is -0.889. The zero-order chi connectivity index (χ0) is 50.6. The van der Waals surface area contributed by atoms with Crippen LogP contribution in [0.1, 0.15) is 232 Å². The summed E-state index contributed by atoms with van der Waals surface area (Å²) in [5.74, 6) is -1.75. The first-order valence-corrected chi connectivity index (χ1v) is 28.1. The summed E-state index contributed by atoms with van der Waals surface area (Å²) < 4.78 is 17.3. The predicted octanol–water partition coefficient (Wildman–Crippen LogP) is 15.5. The van der Waals surface area contributed by atoms with Crippen LogP contribution in [0.3, 0.4) is 0 Å². The molecule has 0 aliphatic carbocycles. The second-order valence-corrected chi connectivity index (χ2v) is 19.8. The highest BCUT2D eigenvalue weighted by Gasteiger charge is 2.25. The van der Waals surface area contributed by atoms with Gasteiger partial charge < -0.3 is 28.6 Å². The maximum absolute atomic E-state index is 12.8. The summed E-state index contributed by atoms with van der Waals surface area (Å²) in [6.45, 7) is 4.53. The molecule has 0 aromatic heterocycles. The van der Waals surface area contributed by atoms with Crippen molar-refractivity contribution in [3.63, 3.8) is 0 Å². The highest BCUT2D eigenvalue weighted by atomic mass is 16.6. The molecule has 2 unspecified atom stereocenters. The van der Waals surface area contributed by atoms with E-state index in [0.717, 1.165) is 83.5 Å². The van der Waals surface area contributed by atoms with Crippen LogP contribution in [0.15, 0.2) is 85.1 Å². The quantitative estimate of drug-likeness (QED) is 0.0259. The third-order valence-electron chi connectivity index (χ3n) is 12.3. The number of likely N-dealkylation sites (N-methyl/N-ethyl adjacent to an activating group) is 1. The Morgan fingerprint density at radius 2 is 0.812 bits per heavy atom. The summed E-state index contributed by atoms with van der Waals surface area (Å²) in [4.78, 5) is 37.2. The number of hydrogen-bond acceptors (Lipinski definition) is 7. The Morgan fingerprint density at radius 1 is 0.449 bits per heavy atom. The summed E-state index contributed by atoms with van der Waals surface area (Å²) >= 11 is 0. The molecule has 0 aliphatic rings. The second kappa shape index (κ2) is 50.9. The number of hydrogen-bond donors (Lipinski definition) is 0. The molecule has 0 fully saturated rings. The van der Waals surface area contributed by atoms with Crippen molar-refractivity contribution in [3.05, 3.63) is 85.1 Å². The van der Waals surface area contributed by atoms with Crippen LogP contribution >= 0.6 is 0 Å². The second-order valence-electron chi connectivity index (χ2n) is 19.8. The number of aliphatic carboxylic acids is 1. The van der Waals surface area contributed by atoms with E-state index < -0.39 is 18.1 Å². The van der Waals surface area contributed by atoms with Crippen LogP contribution in [0.5, 0.6) is 0 Å². The van der Waals surface area contributed by atoms with E-state index in [1.165, 1.54) is 116 Å². The van der Waals surface area contributed by atoms with E-state index in [0.29, 0.717) is 12.8 Å². The highest BCUT2D eigenvalue weighted by molar-refractivity contribution is 5.70. The predicted molar refractivity (Wildman–Crippen MR) is 291 cm³/mol. The van der Waals surface area contributed by atoms with Crippen LogP contribution in [0, 0.1) is 0 Å². The Labute approximate surface area is 424 Å². The zero-order valence-corrected chi connectivity index (χ0v) is 45.2. The number of carbonyl (C=O) groups is 3. The number of ether oxygens (including phenoxy) is 3. The summed E-state index contributed by atoms with van der Waals surface area (Å²) in [5, 5.41) is 11.7. The van der Waals surface area contributed by atoms with Crippen molar-refractivity contribution in [2.45, 2.75) is 244 Å². The first-order valence-electron chi connectivity index (χ1n) is 28.1. The molecule has 2 atom stereocenters. The minimum Gasteiger partial charge on any atom is -0.544 e. The van der Waals surface area contributed by atoms with Crippen LogP contribution in [-0.4, -0.2) is 75.5 Å². The van der Waals surface area contributed by atoms with Gasteiger partial charge in [-0.05, 0) is 89.9 Å². The van der Waals surface area contributed by atoms with Gasteiger partial charge in [0.25, 0.3) is 0 Å². The van der Waals surface area contributed by atoms with Crippen molar-refractivity contribution >= 4 is 17.9 Å². The van der Waals surface area contributed by atoms with Crippen molar-refractivity contribution in [2.24, 2.45) is 0 Å². The summed E-state index contributed by atoms with van der Waals surface area (Å²) in [7, 11) is 5.42. The number of carboxylic acid groups (broad SMARTS) is 1. The Bertz CT molecular complexity index is 1400. The molecular formula is C61H105NO7. The standard InChI is InChI=1S/C61H105NO7/c1-6-8-10-12-14-16-18-20-22-24-26-28-30-32-33-35-37-39-41-43-45-47-49-51-59(63)68-56-57(55-67-54-53-58(61(65)66)62(3,4)5)69-60(64)52-50-48-46-44-42-40-38-36-34-31-29-27-25-23-21-19-17-15-13-11-9-7-2/h8,10,14-17,20-23,26-29,57-58H,6-7,9,11-13,18-19,24-25,30-56H2,1-5H3/b10-8+,16-14+,17-15+,22-20+,23-21+,28-26+,29-27+. The fraction of sp³-hybridized carbons (Fsp3) is 0.721. The van der Waals surface area contributed by atoms with E-state index in [4.69, 9.17) is 14.2 Å². The van der Waals surface area contributed by atoms with Crippen LogP contribution in [0.4, 0.5) is 0 Å². The Balaban J connectivity index is 4.21. The molecule has 8 heteroatoms. The van der Waals surface area contributed by atoms with Gasteiger partial charge in [-0.1, -0.05) is 208 Å². The average Bonchev–Trinajstić information content (AvgIpc) is 3.31. The molecule has 0 aliphatic heterocycles. The minimum atomic E-state index is -1.13. The van der Waals surface area contributed by atoms with Crippen molar-refractivity contribution in [3.8, 4) is 0 Å². The molecule has 0 bridgehead atoms. The molecular weight excluding hydrogens is 859 g/mol. The zero-order valence-electron chi connectivity index (χ0n) is 45.2. The lowest BCUT2D eigenvalue weighted by Gasteiger charge is -2.34. The topological polar surface area (TPSA) is 102 Å². The first-order chi connectivity index (χ1) is 33.6. The van der Waals surface area contributed by atoms with Gasteiger partial charge in [-0.2, -0.15) is 0 Å². The minimum absolute atomic E-state index is 0.0339. The first kappa shape index (κ1) is 65.5. The summed E-state index contributed by atoms with van der Waals surface area (Å²) in [6, 6.07) is -0.732. The molecule has 0 radical (unpaired) electrons. The normalized spacial score (nSPS) is 13.5. The maximum atomic E-state index is 12.8. The van der Waals surface area contributed by atoms with Gasteiger partial charge in [-0.3, -0.25) is 9.59 Å². The number of nitrogens with zero attached hydrogens (tertiary/aromatic N) is 1. The third kappa shape index (κ3) is 49.3. The average molecular weight is 965 g/mol. The molecule has 0 spiro atoms. The monoisotopic (exact) mass is 964 g/mol. The number of carbonyl (C=O) groups excluding carboxylic acids is 3. The molecule has 0 N–H and O–H groups in total. The van der Waals surface area contributed by atoms with Crippen molar-refractivity contribution in [1.29, 1.82) is 0 Å². The van der Waals surface area contributed by atoms with Gasteiger partial charge in [-0.25, -0.2) is 0 Å². The highest BCUT2D eigenvalue weighted by Crippen LogP contribution is 2.15. The van der Waals surface area contributed by atoms with Crippen molar-refractivity contribution < 1.29 is 38.2 Å². The molecule has 0 aromatic carbocycles. The molecule has 0 saturated heterocycles. The number of allylic oxidation sites excluding steroid dienone is 14. The van der Waals surface area contributed by atoms with Gasteiger partial charge in [0.15, 0.2) is 6.10 Å². The molecule has 69 heavy (non-hydrogen) atoms. The van der Waals surface area contributed by atoms with E-state index in [1.807, 2.05) is 0 Å². The van der Waals surface area contributed by atoms with Crippen LogP contribution < -0.4 is 5.11 Å². The van der Waals surface area contributed by atoms with E-state index in [1.54, 1.807) is 21.1 Å². The summed E-state index contributed by atoms with van der Waals surface area (Å²) in [5.41, 5.74) is 0. The number of quaternary nitrogens is 1. The smallest absolute Gasteiger partial charge is 0.306 e. The number of esters is 2. The largest absolute Gasteiger partial charge is 0.544 e. The number of carboxylic acids is 1. The van der Waals surface area contributed by atoms with Gasteiger partial charge in [-0.15, -0.1) is 0 Å². The van der Waals surface area contributed by atoms with E-state index in [-0.39, 0.29) is 42.7 Å². The van der Waals surface area contributed by atoms with Gasteiger partial charge in [0, 0.05) is 19.3 Å². The maximum Gasteiger partial charge on any atom is 0.306 e. The lowest BCUT2D eigenvalue weighted by Crippen LogP contribution is -2.55. The van der Waals surface area contributed by atoms with Gasteiger partial charge in [0.2, 0.25) is 0 Å².